The normalized spacial score (nSPS) is 10.6. The molecule has 0 atom stereocenters. The summed E-state index contributed by atoms with van der Waals surface area (Å²) in [5.74, 6) is 2.39. The lowest BCUT2D eigenvalue weighted by Gasteiger charge is -2.16. The van der Waals surface area contributed by atoms with Crippen LogP contribution in [0.15, 0.2) is 66.7 Å². The number of hydrogen-bond acceptors (Lipinski definition) is 4. The van der Waals surface area contributed by atoms with Crippen LogP contribution >= 0.6 is 11.6 Å². The molecule has 0 aliphatic carbocycles. The van der Waals surface area contributed by atoms with Crippen molar-refractivity contribution in [1.82, 2.24) is 5.32 Å². The number of methoxy groups -OCH3 is 2. The van der Waals surface area contributed by atoms with E-state index < -0.39 is 0 Å². The molecule has 0 saturated carbocycles. The molecule has 3 rings (SSSR count). The van der Waals surface area contributed by atoms with E-state index in [1.54, 1.807) is 14.2 Å². The highest BCUT2D eigenvalue weighted by Gasteiger charge is 2.11. The first-order valence-corrected chi connectivity index (χ1v) is 9.94. The van der Waals surface area contributed by atoms with Crippen LogP contribution in [0, 0.1) is 0 Å². The summed E-state index contributed by atoms with van der Waals surface area (Å²) in [6, 6.07) is 21.7. The van der Waals surface area contributed by atoms with Crippen LogP contribution in [0.3, 0.4) is 0 Å². The molecule has 4 nitrogen and oxygen atoms in total. The minimum absolute atomic E-state index is 0.426. The van der Waals surface area contributed by atoms with Crippen LogP contribution in [0.5, 0.6) is 17.2 Å². The highest BCUT2D eigenvalue weighted by atomic mass is 35.5. The second-order valence-electron chi connectivity index (χ2n) is 6.61. The zero-order valence-corrected chi connectivity index (χ0v) is 17.5. The Kier molecular flexibility index (Phi) is 7.79. The van der Waals surface area contributed by atoms with Crippen molar-refractivity contribution >= 4 is 11.6 Å². The Labute approximate surface area is 177 Å². The molecule has 3 aromatic rings. The molecule has 0 unspecified atom stereocenters. The van der Waals surface area contributed by atoms with Crippen molar-refractivity contribution in [2.75, 3.05) is 20.8 Å². The maximum Gasteiger partial charge on any atom is 0.166 e. The Balaban J connectivity index is 1.62. The number of rotatable bonds is 10. The Bertz CT molecular complexity index is 930. The van der Waals surface area contributed by atoms with Crippen molar-refractivity contribution in [1.29, 1.82) is 0 Å². The molecule has 0 aliphatic rings. The summed E-state index contributed by atoms with van der Waals surface area (Å²) in [6.07, 6.45) is 0.882. The van der Waals surface area contributed by atoms with Crippen LogP contribution in [0.1, 0.15) is 16.7 Å². The molecule has 0 heterocycles. The lowest BCUT2D eigenvalue weighted by Crippen LogP contribution is -2.17. The molecule has 152 valence electrons. The standard InChI is InChI=1S/C24H26ClNO3/c1-27-22-11-4-3-8-19(22)13-14-26-16-20-9-6-12-23(28-2)24(20)29-17-18-7-5-10-21(25)15-18/h3-12,15,26H,13-14,16-17H2,1-2H3. The third-order valence-electron chi connectivity index (χ3n) is 4.63. The number of halogens is 1. The summed E-state index contributed by atoms with van der Waals surface area (Å²) in [5, 5.41) is 4.19. The van der Waals surface area contributed by atoms with Gasteiger partial charge in [-0.15, -0.1) is 0 Å². The number of nitrogens with one attached hydrogen (secondary N) is 1. The summed E-state index contributed by atoms with van der Waals surface area (Å²) in [6.45, 7) is 1.93. The van der Waals surface area contributed by atoms with Crippen molar-refractivity contribution in [3.05, 3.63) is 88.4 Å². The quantitative estimate of drug-likeness (QED) is 0.461. The van der Waals surface area contributed by atoms with Crippen molar-refractivity contribution in [3.8, 4) is 17.2 Å². The first kappa shape index (κ1) is 21.0. The van der Waals surface area contributed by atoms with Crippen LogP contribution in [0.25, 0.3) is 0 Å². The van der Waals surface area contributed by atoms with Crippen LogP contribution in [0.4, 0.5) is 0 Å². The zero-order chi connectivity index (χ0) is 20.5. The molecule has 0 spiro atoms. The van der Waals surface area contributed by atoms with Gasteiger partial charge in [-0.25, -0.2) is 0 Å². The molecule has 0 amide bonds. The molecule has 3 aromatic carbocycles. The fraction of sp³-hybridized carbons (Fsp3) is 0.250. The lowest BCUT2D eigenvalue weighted by molar-refractivity contribution is 0.280. The van der Waals surface area contributed by atoms with Gasteiger partial charge in [0.1, 0.15) is 12.4 Å². The van der Waals surface area contributed by atoms with Gasteiger partial charge in [0.05, 0.1) is 14.2 Å². The number of ether oxygens (including phenoxy) is 3. The van der Waals surface area contributed by atoms with Gasteiger partial charge in [-0.3, -0.25) is 0 Å². The average molecular weight is 412 g/mol. The van der Waals surface area contributed by atoms with Gasteiger partial charge in [0.15, 0.2) is 11.5 Å². The Morgan fingerprint density at radius 2 is 1.55 bits per heavy atom. The molecule has 1 N–H and O–H groups in total. The first-order valence-electron chi connectivity index (χ1n) is 9.57. The second kappa shape index (κ2) is 10.7. The highest BCUT2D eigenvalue weighted by molar-refractivity contribution is 6.30. The third kappa shape index (κ3) is 5.89. The fourth-order valence-corrected chi connectivity index (χ4v) is 3.38. The van der Waals surface area contributed by atoms with Crippen molar-refractivity contribution in [3.63, 3.8) is 0 Å². The first-order chi connectivity index (χ1) is 14.2. The molecular formula is C24H26ClNO3. The highest BCUT2D eigenvalue weighted by Crippen LogP contribution is 2.32. The molecular weight excluding hydrogens is 386 g/mol. The number of para-hydroxylation sites is 2. The van der Waals surface area contributed by atoms with E-state index in [1.165, 1.54) is 5.56 Å². The number of hydrogen-bond donors (Lipinski definition) is 1. The predicted octanol–water partition coefficient (Wildman–Crippen LogP) is 5.27. The van der Waals surface area contributed by atoms with Crippen LogP contribution in [-0.4, -0.2) is 20.8 Å². The summed E-state index contributed by atoms with van der Waals surface area (Å²) in [5.41, 5.74) is 3.25. The fourth-order valence-electron chi connectivity index (χ4n) is 3.16. The predicted molar refractivity (Wildman–Crippen MR) is 117 cm³/mol. The second-order valence-corrected chi connectivity index (χ2v) is 7.04. The SMILES string of the molecule is COc1ccccc1CCNCc1cccc(OC)c1OCc1cccc(Cl)c1. The van der Waals surface area contributed by atoms with E-state index in [-0.39, 0.29) is 0 Å². The maximum atomic E-state index is 6.11. The summed E-state index contributed by atoms with van der Waals surface area (Å²) >= 11 is 6.07. The molecule has 0 aliphatic heterocycles. The van der Waals surface area contributed by atoms with Crippen LogP contribution in [0.2, 0.25) is 5.02 Å². The molecule has 0 saturated heterocycles. The van der Waals surface area contributed by atoms with E-state index in [4.69, 9.17) is 25.8 Å². The van der Waals surface area contributed by atoms with Crippen molar-refractivity contribution in [2.45, 2.75) is 19.6 Å². The van der Waals surface area contributed by atoms with E-state index in [2.05, 4.69) is 11.4 Å². The van der Waals surface area contributed by atoms with Crippen molar-refractivity contribution in [2.24, 2.45) is 0 Å². The minimum Gasteiger partial charge on any atom is -0.496 e. The summed E-state index contributed by atoms with van der Waals surface area (Å²) in [4.78, 5) is 0. The molecule has 29 heavy (non-hydrogen) atoms. The minimum atomic E-state index is 0.426. The van der Waals surface area contributed by atoms with Gasteiger partial charge in [0.25, 0.3) is 0 Å². The Morgan fingerprint density at radius 3 is 2.34 bits per heavy atom. The van der Waals surface area contributed by atoms with Gasteiger partial charge in [0, 0.05) is 17.1 Å². The number of benzene rings is 3. The third-order valence-corrected chi connectivity index (χ3v) is 4.87. The zero-order valence-electron chi connectivity index (χ0n) is 16.8. The average Bonchev–Trinajstić information content (AvgIpc) is 2.75. The lowest BCUT2D eigenvalue weighted by atomic mass is 10.1. The van der Waals surface area contributed by atoms with E-state index in [1.807, 2.05) is 60.7 Å². The topological polar surface area (TPSA) is 39.7 Å². The smallest absolute Gasteiger partial charge is 0.166 e. The van der Waals surface area contributed by atoms with E-state index in [0.29, 0.717) is 18.2 Å². The van der Waals surface area contributed by atoms with Crippen molar-refractivity contribution < 1.29 is 14.2 Å². The van der Waals surface area contributed by atoms with Gasteiger partial charge in [0.2, 0.25) is 0 Å². The summed E-state index contributed by atoms with van der Waals surface area (Å²) < 4.78 is 17.0. The summed E-state index contributed by atoms with van der Waals surface area (Å²) in [7, 11) is 3.35. The van der Waals surface area contributed by atoms with Gasteiger partial charge in [-0.05, 0) is 48.4 Å². The molecule has 0 fully saturated rings. The van der Waals surface area contributed by atoms with Gasteiger partial charge in [-0.1, -0.05) is 54.1 Å². The monoisotopic (exact) mass is 411 g/mol. The van der Waals surface area contributed by atoms with Crippen LogP contribution in [-0.2, 0) is 19.6 Å². The molecule has 0 aromatic heterocycles. The van der Waals surface area contributed by atoms with E-state index in [0.717, 1.165) is 41.3 Å². The Hall–Kier alpha value is -2.69. The van der Waals surface area contributed by atoms with Gasteiger partial charge < -0.3 is 19.5 Å². The van der Waals surface area contributed by atoms with Gasteiger partial charge in [-0.2, -0.15) is 0 Å². The van der Waals surface area contributed by atoms with Crippen LogP contribution < -0.4 is 19.5 Å². The molecule has 5 heteroatoms. The molecule has 0 bridgehead atoms. The maximum absolute atomic E-state index is 6.11. The van der Waals surface area contributed by atoms with E-state index >= 15 is 0 Å². The largest absolute Gasteiger partial charge is 0.496 e. The van der Waals surface area contributed by atoms with E-state index in [9.17, 15) is 0 Å². The molecule has 0 radical (unpaired) electrons. The van der Waals surface area contributed by atoms with Gasteiger partial charge >= 0.3 is 0 Å². The Morgan fingerprint density at radius 1 is 0.828 bits per heavy atom.